The van der Waals surface area contributed by atoms with Crippen LogP contribution in [0.3, 0.4) is 0 Å². The highest BCUT2D eigenvalue weighted by Crippen LogP contribution is 2.49. The van der Waals surface area contributed by atoms with E-state index in [1.165, 1.54) is 121 Å². The van der Waals surface area contributed by atoms with Crippen molar-refractivity contribution < 1.29 is 0 Å². The van der Waals surface area contributed by atoms with E-state index >= 15 is 0 Å². The third kappa shape index (κ3) is 4.37. The first kappa shape index (κ1) is 31.5. The lowest BCUT2D eigenvalue weighted by atomic mass is 10.00. The largest absolute Gasteiger partial charge is 0.309 e. The van der Waals surface area contributed by atoms with Crippen LogP contribution < -0.4 is 0 Å². The van der Waals surface area contributed by atoms with Crippen LogP contribution in [0.2, 0.25) is 0 Å². The molecule has 0 spiro atoms. The van der Waals surface area contributed by atoms with Gasteiger partial charge < -0.3 is 9.13 Å². The molecule has 2 aromatic heterocycles. The average molecular weight is 735 g/mol. The number of hydrogen-bond acceptors (Lipinski definition) is 0. The number of rotatable bonds is 4. The van der Waals surface area contributed by atoms with Gasteiger partial charge in [0.1, 0.15) is 0 Å². The first-order valence-corrected chi connectivity index (χ1v) is 20.1. The molecule has 1 aliphatic carbocycles. The Morgan fingerprint density at radius 2 is 0.897 bits per heavy atom. The number of benzene rings is 10. The van der Waals surface area contributed by atoms with E-state index in [1.807, 2.05) is 0 Å². The van der Waals surface area contributed by atoms with Gasteiger partial charge in [0.25, 0.3) is 0 Å². The lowest BCUT2D eigenvalue weighted by molar-refractivity contribution is 1.18. The standard InChI is InChI=1S/C56H34N2/c1-2-12-35(13-3-1)41-17-6-8-22-51(41)58-52-23-9-7-19-44(52)49-32-38(26-31-54(49)58)39-25-30-53-50(33-39)47-28-24-36-14-4-5-18-42(36)56(47)57(53)40-27-29-43-45-20-10-15-37-16-11-21-46(55(37)45)48(43)34-40/h1-34H. The molecule has 0 bridgehead atoms. The summed E-state index contributed by atoms with van der Waals surface area (Å²) in [4.78, 5) is 0. The zero-order valence-corrected chi connectivity index (χ0v) is 31.5. The van der Waals surface area contributed by atoms with Gasteiger partial charge in [-0.3, -0.25) is 0 Å². The zero-order chi connectivity index (χ0) is 37.9. The van der Waals surface area contributed by atoms with Crippen LogP contribution >= 0.6 is 0 Å². The van der Waals surface area contributed by atoms with Gasteiger partial charge in [0.2, 0.25) is 0 Å². The fourth-order valence-electron chi connectivity index (χ4n) is 10.1. The van der Waals surface area contributed by atoms with Crippen molar-refractivity contribution in [2.45, 2.75) is 0 Å². The van der Waals surface area contributed by atoms with Gasteiger partial charge in [0, 0.05) is 38.2 Å². The molecule has 0 unspecified atom stereocenters. The fraction of sp³-hybridized carbons (Fsp3) is 0. The Bertz CT molecular complexity index is 3670. The Balaban J connectivity index is 1.02. The van der Waals surface area contributed by atoms with Gasteiger partial charge in [-0.2, -0.15) is 0 Å². The maximum Gasteiger partial charge on any atom is 0.0619 e. The predicted octanol–water partition coefficient (Wildman–Crippen LogP) is 15.2. The lowest BCUT2D eigenvalue weighted by Gasteiger charge is -2.14. The summed E-state index contributed by atoms with van der Waals surface area (Å²) in [5, 5.41) is 10.2. The van der Waals surface area contributed by atoms with Crippen LogP contribution in [-0.2, 0) is 0 Å². The molecule has 268 valence electrons. The minimum absolute atomic E-state index is 1.18. The van der Waals surface area contributed by atoms with E-state index in [9.17, 15) is 0 Å². The molecular formula is C56H34N2. The number of para-hydroxylation sites is 2. The molecule has 10 aromatic carbocycles. The minimum Gasteiger partial charge on any atom is -0.309 e. The van der Waals surface area contributed by atoms with Crippen LogP contribution in [0.15, 0.2) is 206 Å². The molecule has 1 aliphatic rings. The zero-order valence-electron chi connectivity index (χ0n) is 31.5. The van der Waals surface area contributed by atoms with Crippen LogP contribution in [0, 0.1) is 0 Å². The maximum absolute atomic E-state index is 2.50. The van der Waals surface area contributed by atoms with Crippen molar-refractivity contribution in [1.29, 1.82) is 0 Å². The Morgan fingerprint density at radius 3 is 1.72 bits per heavy atom. The number of fused-ring (bicyclic) bond motifs is 11. The third-order valence-electron chi connectivity index (χ3n) is 12.6. The van der Waals surface area contributed by atoms with E-state index in [-0.39, 0.29) is 0 Å². The van der Waals surface area contributed by atoms with Crippen molar-refractivity contribution in [3.63, 3.8) is 0 Å². The van der Waals surface area contributed by atoms with E-state index in [0.717, 1.165) is 0 Å². The van der Waals surface area contributed by atoms with Crippen LogP contribution in [0.25, 0.3) is 121 Å². The summed E-state index contributed by atoms with van der Waals surface area (Å²) in [6, 6.07) is 76.2. The van der Waals surface area contributed by atoms with Crippen molar-refractivity contribution in [2.24, 2.45) is 0 Å². The minimum atomic E-state index is 1.18. The average Bonchev–Trinajstić information content (AvgIpc) is 3.93. The topological polar surface area (TPSA) is 9.86 Å². The molecule has 0 radical (unpaired) electrons. The van der Waals surface area contributed by atoms with Crippen LogP contribution in [0.4, 0.5) is 0 Å². The maximum atomic E-state index is 2.50. The van der Waals surface area contributed by atoms with E-state index in [2.05, 4.69) is 215 Å². The fourth-order valence-corrected chi connectivity index (χ4v) is 10.1. The Labute approximate surface area is 335 Å². The second-order valence-electron chi connectivity index (χ2n) is 15.7. The van der Waals surface area contributed by atoms with Gasteiger partial charge in [0.05, 0.1) is 27.8 Å². The molecule has 2 heteroatoms. The Hall–Kier alpha value is -7.68. The van der Waals surface area contributed by atoms with Crippen LogP contribution in [-0.4, -0.2) is 9.13 Å². The molecule has 0 aliphatic heterocycles. The molecule has 12 aromatic rings. The lowest BCUT2D eigenvalue weighted by Crippen LogP contribution is -1.97. The number of nitrogens with zero attached hydrogens (tertiary/aromatic N) is 2. The second-order valence-corrected chi connectivity index (χ2v) is 15.7. The molecule has 13 rings (SSSR count). The van der Waals surface area contributed by atoms with Crippen molar-refractivity contribution in [2.75, 3.05) is 0 Å². The summed E-state index contributed by atoms with van der Waals surface area (Å²) in [6.07, 6.45) is 0. The van der Waals surface area contributed by atoms with Gasteiger partial charge in [-0.1, -0.05) is 158 Å². The van der Waals surface area contributed by atoms with Gasteiger partial charge in [-0.25, -0.2) is 0 Å². The third-order valence-corrected chi connectivity index (χ3v) is 12.6. The molecule has 0 N–H and O–H groups in total. The van der Waals surface area contributed by atoms with E-state index < -0.39 is 0 Å². The molecule has 58 heavy (non-hydrogen) atoms. The summed E-state index contributed by atoms with van der Waals surface area (Å²) in [6.45, 7) is 0. The van der Waals surface area contributed by atoms with Crippen LogP contribution in [0.1, 0.15) is 0 Å². The van der Waals surface area contributed by atoms with Crippen molar-refractivity contribution in [3.8, 4) is 55.9 Å². The normalized spacial score (nSPS) is 12.1. The Morgan fingerprint density at radius 1 is 0.276 bits per heavy atom. The predicted molar refractivity (Wildman–Crippen MR) is 245 cm³/mol. The second kappa shape index (κ2) is 11.9. The highest BCUT2D eigenvalue weighted by atomic mass is 15.0. The highest BCUT2D eigenvalue weighted by Gasteiger charge is 2.24. The quantitative estimate of drug-likeness (QED) is 0.170. The number of aromatic nitrogens is 2. The molecule has 0 fully saturated rings. The molecular weight excluding hydrogens is 701 g/mol. The van der Waals surface area contributed by atoms with Crippen molar-refractivity contribution in [3.05, 3.63) is 206 Å². The molecule has 2 nitrogen and oxygen atoms in total. The smallest absolute Gasteiger partial charge is 0.0619 e. The first-order chi connectivity index (χ1) is 28.8. The molecule has 0 saturated carbocycles. The van der Waals surface area contributed by atoms with Gasteiger partial charge in [0.15, 0.2) is 0 Å². The van der Waals surface area contributed by atoms with Crippen molar-refractivity contribution in [1.82, 2.24) is 9.13 Å². The van der Waals surface area contributed by atoms with Gasteiger partial charge in [-0.15, -0.1) is 0 Å². The molecule has 0 amide bonds. The Kier molecular flexibility index (Phi) is 6.47. The molecule has 0 atom stereocenters. The summed E-state index contributed by atoms with van der Waals surface area (Å²) in [5.41, 5.74) is 17.3. The number of hydrogen-bond donors (Lipinski definition) is 0. The highest BCUT2D eigenvalue weighted by molar-refractivity contribution is 6.20. The molecule has 0 saturated heterocycles. The summed E-state index contributed by atoms with van der Waals surface area (Å²) in [7, 11) is 0. The SMILES string of the molecule is c1ccc(-c2ccccc2-n2c3ccccc3c3cc(-c4ccc5c(c4)c4ccc6ccccc6c4n5-c4ccc5c(c4)-c4cccc6cccc-5c46)ccc32)cc1. The van der Waals surface area contributed by atoms with E-state index in [0.29, 0.717) is 0 Å². The molecule has 2 heterocycles. The van der Waals surface area contributed by atoms with E-state index in [1.54, 1.807) is 0 Å². The first-order valence-electron chi connectivity index (χ1n) is 20.1. The van der Waals surface area contributed by atoms with Crippen molar-refractivity contribution >= 4 is 65.2 Å². The summed E-state index contributed by atoms with van der Waals surface area (Å²) in [5.74, 6) is 0. The monoisotopic (exact) mass is 734 g/mol. The van der Waals surface area contributed by atoms with Crippen LogP contribution in [0.5, 0.6) is 0 Å². The van der Waals surface area contributed by atoms with E-state index in [4.69, 9.17) is 0 Å². The summed E-state index contributed by atoms with van der Waals surface area (Å²) < 4.78 is 4.94. The summed E-state index contributed by atoms with van der Waals surface area (Å²) >= 11 is 0. The van der Waals surface area contributed by atoms with Gasteiger partial charge >= 0.3 is 0 Å². The van der Waals surface area contributed by atoms with Gasteiger partial charge in [-0.05, 0) is 104 Å².